The summed E-state index contributed by atoms with van der Waals surface area (Å²) in [4.78, 5) is 4.78. The minimum atomic E-state index is 1.07. The van der Waals surface area contributed by atoms with Crippen LogP contribution in [0, 0.1) is 13.8 Å². The van der Waals surface area contributed by atoms with Crippen LogP contribution < -0.4 is 9.80 Å². The van der Waals surface area contributed by atoms with Crippen molar-refractivity contribution in [1.29, 1.82) is 0 Å². The SMILES string of the molecule is Cc1ccc(-c2ccccc2N(c2ccc(C=C(c3ccccc3)c3ccccc3)cc2)c2ccc(-c3ccc(N(c4ccc(C=C(c5ccccc5)c5ccccc5)cc4)c4ccccc4-c4ccc(C)cc4)cc3)cc2)cc1. The molecule has 0 saturated heterocycles. The number of anilines is 6. The van der Waals surface area contributed by atoms with E-state index >= 15 is 0 Å². The van der Waals surface area contributed by atoms with E-state index in [1.54, 1.807) is 0 Å². The molecule has 0 atom stereocenters. The van der Waals surface area contributed by atoms with Gasteiger partial charge in [0.15, 0.2) is 0 Å². The van der Waals surface area contributed by atoms with E-state index in [-0.39, 0.29) is 0 Å². The monoisotopic (exact) mass is 1020 g/mol. The van der Waals surface area contributed by atoms with Crippen LogP contribution in [0.5, 0.6) is 0 Å². The Morgan fingerprint density at radius 3 is 0.787 bits per heavy atom. The molecule has 12 aromatic rings. The normalized spacial score (nSPS) is 10.9. The van der Waals surface area contributed by atoms with Gasteiger partial charge in [-0.05, 0) is 153 Å². The van der Waals surface area contributed by atoms with Gasteiger partial charge in [0.25, 0.3) is 0 Å². The van der Waals surface area contributed by atoms with Crippen molar-refractivity contribution in [3.8, 4) is 33.4 Å². The van der Waals surface area contributed by atoms with Gasteiger partial charge >= 0.3 is 0 Å². The van der Waals surface area contributed by atoms with Crippen LogP contribution in [0.4, 0.5) is 34.1 Å². The Labute approximate surface area is 471 Å². The second-order valence-corrected chi connectivity index (χ2v) is 20.3. The van der Waals surface area contributed by atoms with E-state index in [1.807, 2.05) is 0 Å². The summed E-state index contributed by atoms with van der Waals surface area (Å²) < 4.78 is 0. The molecule has 382 valence electrons. The van der Waals surface area contributed by atoms with Crippen LogP contribution in [0.3, 0.4) is 0 Å². The first kappa shape index (κ1) is 50.5. The molecule has 0 radical (unpaired) electrons. The van der Waals surface area contributed by atoms with Gasteiger partial charge in [0.05, 0.1) is 11.4 Å². The molecule has 2 heteroatoms. The fourth-order valence-corrected chi connectivity index (χ4v) is 10.7. The minimum absolute atomic E-state index is 1.07. The number of aryl methyl sites for hydroxylation is 2. The Hall–Kier alpha value is -10.3. The molecular formula is C78H60N2. The smallest absolute Gasteiger partial charge is 0.0540 e. The van der Waals surface area contributed by atoms with E-state index in [4.69, 9.17) is 0 Å². The minimum Gasteiger partial charge on any atom is -0.310 e. The lowest BCUT2D eigenvalue weighted by molar-refractivity contribution is 1.28. The van der Waals surface area contributed by atoms with E-state index in [1.165, 1.54) is 55.7 Å². The number of rotatable bonds is 15. The van der Waals surface area contributed by atoms with Crippen molar-refractivity contribution in [3.05, 3.63) is 360 Å². The molecule has 0 aromatic heterocycles. The summed E-state index contributed by atoms with van der Waals surface area (Å²) in [5.41, 5.74) is 25.3. The summed E-state index contributed by atoms with van der Waals surface area (Å²) in [6.45, 7) is 4.28. The van der Waals surface area contributed by atoms with Gasteiger partial charge in [0, 0.05) is 33.9 Å². The average molecular weight is 1030 g/mol. The highest BCUT2D eigenvalue weighted by atomic mass is 15.1. The van der Waals surface area contributed by atoms with Gasteiger partial charge in [-0.25, -0.2) is 0 Å². The molecule has 0 heterocycles. The fourth-order valence-electron chi connectivity index (χ4n) is 10.7. The van der Waals surface area contributed by atoms with Crippen LogP contribution in [0.15, 0.2) is 315 Å². The maximum atomic E-state index is 2.39. The Balaban J connectivity index is 0.899. The Morgan fingerprint density at radius 2 is 0.487 bits per heavy atom. The van der Waals surface area contributed by atoms with Crippen molar-refractivity contribution >= 4 is 57.4 Å². The molecule has 0 saturated carbocycles. The Morgan fingerprint density at radius 1 is 0.237 bits per heavy atom. The molecule has 80 heavy (non-hydrogen) atoms. The Bertz CT molecular complexity index is 3680. The second-order valence-electron chi connectivity index (χ2n) is 20.3. The van der Waals surface area contributed by atoms with Crippen molar-refractivity contribution < 1.29 is 0 Å². The highest BCUT2D eigenvalue weighted by Gasteiger charge is 2.20. The number of hydrogen-bond donors (Lipinski definition) is 0. The average Bonchev–Trinajstić information content (AvgIpc) is 3.53. The number of nitrogens with zero attached hydrogens (tertiary/aromatic N) is 2. The van der Waals surface area contributed by atoms with Gasteiger partial charge < -0.3 is 9.80 Å². The van der Waals surface area contributed by atoms with Gasteiger partial charge in [-0.1, -0.05) is 266 Å². The largest absolute Gasteiger partial charge is 0.310 e. The summed E-state index contributed by atoms with van der Waals surface area (Å²) in [6.07, 6.45) is 4.59. The van der Waals surface area contributed by atoms with E-state index in [2.05, 4.69) is 351 Å². The third kappa shape index (κ3) is 11.2. The standard InChI is InChI=1S/C78H60N2/c1-57-31-39-67(40-32-57)73-27-15-17-29-77(73)79(69-47-35-59(36-48-69)55-75(63-19-7-3-8-20-63)64-21-9-4-10-22-64)71-51-43-61(44-52-71)62-45-53-72(54-46-62)80(78-30-18-16-28-74(78)68-41-33-58(2)34-42-68)70-49-37-60(38-50-70)56-76(65-23-11-5-12-24-65)66-25-13-6-14-26-66/h3-56H,1-2H3. The first-order valence-electron chi connectivity index (χ1n) is 27.5. The maximum Gasteiger partial charge on any atom is 0.0540 e. The first-order chi connectivity index (χ1) is 39.5. The fraction of sp³-hybridized carbons (Fsp3) is 0.0256. The van der Waals surface area contributed by atoms with Gasteiger partial charge in [-0.2, -0.15) is 0 Å². The van der Waals surface area contributed by atoms with E-state index < -0.39 is 0 Å². The molecule has 0 amide bonds. The van der Waals surface area contributed by atoms with E-state index in [0.29, 0.717) is 0 Å². The van der Waals surface area contributed by atoms with Gasteiger partial charge in [-0.3, -0.25) is 0 Å². The number of benzene rings is 12. The molecule has 0 fully saturated rings. The Kier molecular flexibility index (Phi) is 14.9. The molecule has 2 nitrogen and oxygen atoms in total. The molecular weight excluding hydrogens is 965 g/mol. The zero-order chi connectivity index (χ0) is 54.0. The predicted molar refractivity (Wildman–Crippen MR) is 341 cm³/mol. The summed E-state index contributed by atoms with van der Waals surface area (Å²) >= 11 is 0. The maximum absolute atomic E-state index is 2.39. The predicted octanol–water partition coefficient (Wildman–Crippen LogP) is 21.4. The lowest BCUT2D eigenvalue weighted by Gasteiger charge is -2.28. The second kappa shape index (κ2) is 23.5. The molecule has 0 N–H and O–H groups in total. The van der Waals surface area contributed by atoms with E-state index in [9.17, 15) is 0 Å². The zero-order valence-corrected chi connectivity index (χ0v) is 45.1. The topological polar surface area (TPSA) is 6.48 Å². The quantitative estimate of drug-likeness (QED) is 0.0944. The van der Waals surface area contributed by atoms with E-state index in [0.717, 1.165) is 67.5 Å². The van der Waals surface area contributed by atoms with Gasteiger partial charge in [0.1, 0.15) is 0 Å². The molecule has 0 bridgehead atoms. The van der Waals surface area contributed by atoms with Crippen LogP contribution in [-0.4, -0.2) is 0 Å². The van der Waals surface area contributed by atoms with Crippen LogP contribution >= 0.6 is 0 Å². The first-order valence-corrected chi connectivity index (χ1v) is 27.5. The van der Waals surface area contributed by atoms with Crippen molar-refractivity contribution in [2.24, 2.45) is 0 Å². The lowest BCUT2D eigenvalue weighted by atomic mass is 9.95. The van der Waals surface area contributed by atoms with Crippen LogP contribution in [0.25, 0.3) is 56.7 Å². The molecule has 0 unspecified atom stereocenters. The summed E-state index contributed by atoms with van der Waals surface area (Å²) in [5.74, 6) is 0. The molecule has 0 aliphatic heterocycles. The third-order valence-corrected chi connectivity index (χ3v) is 14.9. The lowest BCUT2D eigenvalue weighted by Crippen LogP contribution is -2.11. The summed E-state index contributed by atoms with van der Waals surface area (Å²) in [6, 6.07) is 114. The van der Waals surface area contributed by atoms with Crippen LogP contribution in [0.1, 0.15) is 44.5 Å². The molecule has 12 rings (SSSR count). The number of para-hydroxylation sites is 2. The van der Waals surface area contributed by atoms with Crippen LogP contribution in [0.2, 0.25) is 0 Å². The van der Waals surface area contributed by atoms with Gasteiger partial charge in [0.2, 0.25) is 0 Å². The van der Waals surface area contributed by atoms with Crippen molar-refractivity contribution in [2.75, 3.05) is 9.80 Å². The molecule has 0 spiro atoms. The van der Waals surface area contributed by atoms with Crippen molar-refractivity contribution in [2.45, 2.75) is 13.8 Å². The summed E-state index contributed by atoms with van der Waals surface area (Å²) in [7, 11) is 0. The third-order valence-electron chi connectivity index (χ3n) is 14.9. The number of hydrogen-bond acceptors (Lipinski definition) is 2. The summed E-state index contributed by atoms with van der Waals surface area (Å²) in [5, 5.41) is 0. The molecule has 0 aliphatic carbocycles. The molecule has 12 aromatic carbocycles. The molecule has 0 aliphatic rings. The van der Waals surface area contributed by atoms with Gasteiger partial charge in [-0.15, -0.1) is 0 Å². The van der Waals surface area contributed by atoms with Crippen molar-refractivity contribution in [3.63, 3.8) is 0 Å². The highest BCUT2D eigenvalue weighted by Crippen LogP contribution is 2.44. The highest BCUT2D eigenvalue weighted by molar-refractivity contribution is 5.95. The zero-order valence-electron chi connectivity index (χ0n) is 45.1. The van der Waals surface area contributed by atoms with Crippen molar-refractivity contribution in [1.82, 2.24) is 0 Å². The van der Waals surface area contributed by atoms with Crippen LogP contribution in [-0.2, 0) is 0 Å².